The summed E-state index contributed by atoms with van der Waals surface area (Å²) in [7, 11) is 0. The van der Waals surface area contributed by atoms with E-state index in [0.717, 1.165) is 37.3 Å². The molecule has 3 heterocycles. The Morgan fingerprint density at radius 1 is 1.17 bits per heavy atom. The van der Waals surface area contributed by atoms with E-state index in [4.69, 9.17) is 0 Å². The smallest absolute Gasteiger partial charge is 0.245 e. The first-order valence-corrected chi connectivity index (χ1v) is 10.1. The Bertz CT molecular complexity index is 847. The maximum absolute atomic E-state index is 13.1. The quantitative estimate of drug-likeness (QED) is 0.774. The first-order valence-electron chi connectivity index (χ1n) is 10.1. The van der Waals surface area contributed by atoms with Gasteiger partial charge in [-0.2, -0.15) is 0 Å². The molecule has 0 bridgehead atoms. The minimum absolute atomic E-state index is 0.0211. The van der Waals surface area contributed by atoms with Crippen LogP contribution in [0.15, 0.2) is 36.7 Å². The highest BCUT2D eigenvalue weighted by atomic mass is 19.1. The van der Waals surface area contributed by atoms with Crippen LogP contribution in [-0.4, -0.2) is 58.2 Å². The summed E-state index contributed by atoms with van der Waals surface area (Å²) in [4.78, 5) is 25.3. The number of carbonyl (C=O) groups excluding carboxylic acids is 1. The minimum Gasteiger partial charge on any atom is -0.396 e. The molecular weight excluding hydrogens is 373 g/mol. The number of aliphatic hydroxyl groups is 1. The number of nitrogens with one attached hydrogen (secondary N) is 1. The van der Waals surface area contributed by atoms with Crippen LogP contribution in [0.1, 0.15) is 24.8 Å². The van der Waals surface area contributed by atoms with Gasteiger partial charge in [-0.25, -0.2) is 14.4 Å². The highest BCUT2D eigenvalue weighted by Crippen LogP contribution is 2.24. The van der Waals surface area contributed by atoms with Gasteiger partial charge in [0.25, 0.3) is 0 Å². The molecule has 154 valence electrons. The average Bonchev–Trinajstić information content (AvgIpc) is 3.09. The fraction of sp³-hybridized carbons (Fsp3) is 0.476. The molecule has 1 aromatic heterocycles. The van der Waals surface area contributed by atoms with Crippen LogP contribution in [0.4, 0.5) is 16.0 Å². The Labute approximate surface area is 169 Å². The number of rotatable bonds is 6. The van der Waals surface area contributed by atoms with Gasteiger partial charge in [-0.15, -0.1) is 0 Å². The van der Waals surface area contributed by atoms with Gasteiger partial charge in [-0.3, -0.25) is 4.79 Å². The molecule has 0 radical (unpaired) electrons. The van der Waals surface area contributed by atoms with Crippen LogP contribution in [-0.2, 0) is 11.3 Å². The zero-order valence-corrected chi connectivity index (χ0v) is 16.3. The molecule has 2 fully saturated rings. The summed E-state index contributed by atoms with van der Waals surface area (Å²) < 4.78 is 13.1. The van der Waals surface area contributed by atoms with Crippen molar-refractivity contribution in [1.29, 1.82) is 0 Å². The Kier molecular flexibility index (Phi) is 5.89. The maximum atomic E-state index is 13.1. The van der Waals surface area contributed by atoms with Gasteiger partial charge in [0.2, 0.25) is 5.91 Å². The fourth-order valence-electron chi connectivity index (χ4n) is 4.04. The van der Waals surface area contributed by atoms with Crippen molar-refractivity contribution in [3.63, 3.8) is 0 Å². The van der Waals surface area contributed by atoms with E-state index in [0.29, 0.717) is 25.3 Å². The third-order valence-electron chi connectivity index (χ3n) is 5.66. The Morgan fingerprint density at radius 2 is 2.00 bits per heavy atom. The summed E-state index contributed by atoms with van der Waals surface area (Å²) in [5.41, 5.74) is 0.910. The molecule has 2 aliphatic rings. The molecule has 0 spiro atoms. The summed E-state index contributed by atoms with van der Waals surface area (Å²) in [5.74, 6) is 1.45. The monoisotopic (exact) mass is 399 g/mol. The Balaban J connectivity index is 1.38. The van der Waals surface area contributed by atoms with Crippen LogP contribution in [0.2, 0.25) is 0 Å². The molecule has 2 saturated heterocycles. The number of hydrogen-bond donors (Lipinski definition) is 2. The van der Waals surface area contributed by atoms with Gasteiger partial charge in [-0.1, -0.05) is 12.1 Å². The molecular formula is C21H26FN5O2. The molecule has 7 nitrogen and oxygen atoms in total. The van der Waals surface area contributed by atoms with Crippen LogP contribution in [0.5, 0.6) is 0 Å². The van der Waals surface area contributed by atoms with Gasteiger partial charge in [0.1, 0.15) is 29.8 Å². The van der Waals surface area contributed by atoms with Crippen LogP contribution in [0, 0.1) is 11.7 Å². The standard InChI is InChI=1S/C21H26FN5O2/c22-17-5-3-15(4-6-17)11-27-9-7-18(21(27)29)25-19-10-20(24-14-23-19)26-8-1-2-16(12-26)13-28/h3-6,10,14,16,18,28H,1-2,7-9,11-13H2,(H,23,24,25). The van der Waals surface area contributed by atoms with Crippen molar-refractivity contribution in [3.8, 4) is 0 Å². The van der Waals surface area contributed by atoms with Crippen molar-refractivity contribution in [2.75, 3.05) is 36.5 Å². The van der Waals surface area contributed by atoms with Crippen LogP contribution >= 0.6 is 0 Å². The molecule has 4 rings (SSSR count). The number of nitrogens with zero attached hydrogens (tertiary/aromatic N) is 4. The number of anilines is 2. The molecule has 0 saturated carbocycles. The average molecular weight is 399 g/mol. The molecule has 1 aromatic carbocycles. The van der Waals surface area contributed by atoms with Gasteiger partial charge in [-0.05, 0) is 42.9 Å². The molecule has 8 heteroatoms. The van der Waals surface area contributed by atoms with Gasteiger partial charge < -0.3 is 20.2 Å². The van der Waals surface area contributed by atoms with Crippen LogP contribution < -0.4 is 10.2 Å². The molecule has 1 amide bonds. The van der Waals surface area contributed by atoms with Crippen LogP contribution in [0.25, 0.3) is 0 Å². The van der Waals surface area contributed by atoms with Crippen molar-refractivity contribution in [2.45, 2.75) is 31.8 Å². The van der Waals surface area contributed by atoms with E-state index in [9.17, 15) is 14.3 Å². The Hall–Kier alpha value is -2.74. The van der Waals surface area contributed by atoms with Crippen molar-refractivity contribution in [2.24, 2.45) is 5.92 Å². The van der Waals surface area contributed by atoms with E-state index in [1.165, 1.54) is 18.5 Å². The fourth-order valence-corrected chi connectivity index (χ4v) is 4.04. The molecule has 2 aliphatic heterocycles. The zero-order chi connectivity index (χ0) is 20.2. The number of piperidine rings is 1. The minimum atomic E-state index is -0.329. The second kappa shape index (κ2) is 8.73. The third kappa shape index (κ3) is 4.64. The predicted molar refractivity (Wildman–Crippen MR) is 108 cm³/mol. The Morgan fingerprint density at radius 3 is 2.79 bits per heavy atom. The summed E-state index contributed by atoms with van der Waals surface area (Å²) in [6, 6.07) is 7.78. The number of halogens is 1. The molecule has 29 heavy (non-hydrogen) atoms. The highest BCUT2D eigenvalue weighted by molar-refractivity contribution is 5.86. The predicted octanol–water partition coefficient (Wildman–Crippen LogP) is 2.04. The topological polar surface area (TPSA) is 81.6 Å². The number of amides is 1. The zero-order valence-electron chi connectivity index (χ0n) is 16.3. The highest BCUT2D eigenvalue weighted by Gasteiger charge is 2.32. The van der Waals surface area contributed by atoms with E-state index in [1.807, 2.05) is 6.07 Å². The SMILES string of the molecule is O=C1C(Nc2cc(N3CCCC(CO)C3)ncn2)CCN1Cc1ccc(F)cc1. The van der Waals surface area contributed by atoms with Gasteiger partial charge in [0.05, 0.1) is 0 Å². The lowest BCUT2D eigenvalue weighted by molar-refractivity contribution is -0.128. The number of aliphatic hydroxyl groups excluding tert-OH is 1. The van der Waals surface area contributed by atoms with Crippen molar-refractivity contribution in [1.82, 2.24) is 14.9 Å². The number of hydrogen-bond acceptors (Lipinski definition) is 6. The first kappa shape index (κ1) is 19.6. The number of aromatic nitrogens is 2. The van der Waals surface area contributed by atoms with Gasteiger partial charge in [0, 0.05) is 38.9 Å². The van der Waals surface area contributed by atoms with Gasteiger partial charge in [0.15, 0.2) is 0 Å². The molecule has 2 aromatic rings. The second-order valence-corrected chi connectivity index (χ2v) is 7.77. The maximum Gasteiger partial charge on any atom is 0.245 e. The van der Waals surface area contributed by atoms with E-state index in [2.05, 4.69) is 20.2 Å². The molecule has 2 unspecified atom stereocenters. The number of likely N-dealkylation sites (tertiary alicyclic amines) is 1. The third-order valence-corrected chi connectivity index (χ3v) is 5.66. The lowest BCUT2D eigenvalue weighted by atomic mass is 9.99. The summed E-state index contributed by atoms with van der Waals surface area (Å²) in [6.07, 6.45) is 4.26. The lowest BCUT2D eigenvalue weighted by Gasteiger charge is -2.32. The normalized spacial score (nSPS) is 22.2. The van der Waals surface area contributed by atoms with E-state index >= 15 is 0 Å². The first-order chi connectivity index (χ1) is 14.1. The lowest BCUT2D eigenvalue weighted by Crippen LogP contribution is -2.37. The molecule has 2 atom stereocenters. The van der Waals surface area contributed by atoms with Crippen molar-refractivity contribution >= 4 is 17.5 Å². The van der Waals surface area contributed by atoms with Crippen LogP contribution in [0.3, 0.4) is 0 Å². The van der Waals surface area contributed by atoms with Crippen molar-refractivity contribution in [3.05, 3.63) is 48.0 Å². The van der Waals surface area contributed by atoms with E-state index in [-0.39, 0.29) is 30.3 Å². The van der Waals surface area contributed by atoms with Crippen molar-refractivity contribution < 1.29 is 14.3 Å². The van der Waals surface area contributed by atoms with Gasteiger partial charge >= 0.3 is 0 Å². The summed E-state index contributed by atoms with van der Waals surface area (Å²) in [6.45, 7) is 2.99. The summed E-state index contributed by atoms with van der Waals surface area (Å²) in [5, 5.41) is 12.7. The second-order valence-electron chi connectivity index (χ2n) is 7.77. The van der Waals surface area contributed by atoms with E-state index in [1.54, 1.807) is 17.0 Å². The number of benzene rings is 1. The molecule has 2 N–H and O–H groups in total. The van der Waals surface area contributed by atoms with E-state index < -0.39 is 0 Å². The molecule has 0 aliphatic carbocycles. The largest absolute Gasteiger partial charge is 0.396 e. The number of carbonyl (C=O) groups is 1. The summed E-state index contributed by atoms with van der Waals surface area (Å²) >= 11 is 0.